The number of nitrogens with zero attached hydrogens (tertiary/aromatic N) is 3. The second kappa shape index (κ2) is 6.71. The molecular weight excluding hydrogens is 394 g/mol. The van der Waals surface area contributed by atoms with Gasteiger partial charge in [0.2, 0.25) is 11.8 Å². The SMILES string of the molecule is CC(=O)Oc1ccccc1-c1nc2s/c(=C/c3ccc4c(c3)OCO4)c(=O)n2n1. The average Bonchev–Trinajstić information content (AvgIpc) is 3.39. The van der Waals surface area contributed by atoms with Crippen molar-refractivity contribution < 1.29 is 19.0 Å². The van der Waals surface area contributed by atoms with Gasteiger partial charge in [-0.3, -0.25) is 9.59 Å². The van der Waals surface area contributed by atoms with Crippen LogP contribution in [-0.2, 0) is 4.79 Å². The maximum atomic E-state index is 12.8. The number of para-hydroxylation sites is 1. The quantitative estimate of drug-likeness (QED) is 0.379. The van der Waals surface area contributed by atoms with Gasteiger partial charge in [-0.1, -0.05) is 29.5 Å². The van der Waals surface area contributed by atoms with Crippen LogP contribution in [0.3, 0.4) is 0 Å². The highest BCUT2D eigenvalue weighted by molar-refractivity contribution is 7.15. The summed E-state index contributed by atoms with van der Waals surface area (Å²) in [6.07, 6.45) is 1.76. The van der Waals surface area contributed by atoms with Crippen LogP contribution in [0.5, 0.6) is 17.2 Å². The van der Waals surface area contributed by atoms with Crippen molar-refractivity contribution in [2.45, 2.75) is 6.92 Å². The van der Waals surface area contributed by atoms with Crippen molar-refractivity contribution in [3.8, 4) is 28.6 Å². The van der Waals surface area contributed by atoms with Crippen molar-refractivity contribution in [3.63, 3.8) is 0 Å². The van der Waals surface area contributed by atoms with E-state index in [2.05, 4.69) is 10.1 Å². The van der Waals surface area contributed by atoms with Crippen LogP contribution in [0.4, 0.5) is 0 Å². The third-order valence-corrected chi connectivity index (χ3v) is 5.22. The highest BCUT2D eigenvalue weighted by Crippen LogP contribution is 2.32. The van der Waals surface area contributed by atoms with E-state index in [4.69, 9.17) is 14.2 Å². The summed E-state index contributed by atoms with van der Waals surface area (Å²) in [5, 5.41) is 4.32. The first-order valence-electron chi connectivity index (χ1n) is 8.67. The molecule has 29 heavy (non-hydrogen) atoms. The van der Waals surface area contributed by atoms with Crippen LogP contribution >= 0.6 is 11.3 Å². The fraction of sp³-hybridized carbons (Fsp3) is 0.100. The normalized spacial score (nSPS) is 13.2. The number of benzene rings is 2. The molecule has 9 heteroatoms. The summed E-state index contributed by atoms with van der Waals surface area (Å²) in [5.74, 6) is 1.56. The Balaban J connectivity index is 1.56. The first kappa shape index (κ1) is 17.4. The van der Waals surface area contributed by atoms with Crippen LogP contribution in [0.15, 0.2) is 47.3 Å². The summed E-state index contributed by atoms with van der Waals surface area (Å²) in [7, 11) is 0. The molecule has 0 aliphatic carbocycles. The molecule has 0 bridgehead atoms. The number of fused-ring (bicyclic) bond motifs is 2. The molecule has 2 aromatic heterocycles. The highest BCUT2D eigenvalue weighted by atomic mass is 32.1. The van der Waals surface area contributed by atoms with Crippen molar-refractivity contribution in [1.82, 2.24) is 14.6 Å². The van der Waals surface area contributed by atoms with E-state index in [9.17, 15) is 9.59 Å². The maximum absolute atomic E-state index is 12.8. The summed E-state index contributed by atoms with van der Waals surface area (Å²) in [4.78, 5) is 29.0. The predicted octanol–water partition coefficient (Wildman–Crippen LogP) is 2.02. The van der Waals surface area contributed by atoms with Gasteiger partial charge in [0.25, 0.3) is 5.56 Å². The van der Waals surface area contributed by atoms with Gasteiger partial charge in [-0.15, -0.1) is 5.10 Å². The summed E-state index contributed by atoms with van der Waals surface area (Å²) in [6.45, 7) is 1.52. The highest BCUT2D eigenvalue weighted by Gasteiger charge is 2.17. The van der Waals surface area contributed by atoms with Crippen LogP contribution < -0.4 is 24.3 Å². The summed E-state index contributed by atoms with van der Waals surface area (Å²) in [6, 6.07) is 12.4. The molecule has 0 spiro atoms. The van der Waals surface area contributed by atoms with Crippen LogP contribution in [0.2, 0.25) is 0 Å². The lowest BCUT2D eigenvalue weighted by Crippen LogP contribution is -2.23. The number of esters is 1. The van der Waals surface area contributed by atoms with E-state index in [1.807, 2.05) is 12.1 Å². The number of thiazole rings is 1. The second-order valence-corrected chi connectivity index (χ2v) is 7.26. The minimum absolute atomic E-state index is 0.194. The molecule has 0 saturated heterocycles. The topological polar surface area (TPSA) is 92.0 Å². The Morgan fingerprint density at radius 2 is 2.03 bits per heavy atom. The minimum Gasteiger partial charge on any atom is -0.454 e. The molecule has 144 valence electrons. The van der Waals surface area contributed by atoms with E-state index >= 15 is 0 Å². The zero-order chi connectivity index (χ0) is 20.0. The molecule has 3 heterocycles. The molecule has 0 atom stereocenters. The van der Waals surface area contributed by atoms with Crippen molar-refractivity contribution in [2.75, 3.05) is 6.79 Å². The number of ether oxygens (including phenoxy) is 3. The molecule has 8 nitrogen and oxygen atoms in total. The molecule has 2 aromatic carbocycles. The molecule has 0 fully saturated rings. The van der Waals surface area contributed by atoms with Crippen LogP contribution in [0.25, 0.3) is 22.4 Å². The van der Waals surface area contributed by atoms with Crippen molar-refractivity contribution >= 4 is 28.3 Å². The number of aromatic nitrogens is 3. The lowest BCUT2D eigenvalue weighted by molar-refractivity contribution is -0.131. The average molecular weight is 407 g/mol. The first-order chi connectivity index (χ1) is 14.1. The van der Waals surface area contributed by atoms with E-state index in [1.54, 1.807) is 36.4 Å². The number of hydrogen-bond acceptors (Lipinski definition) is 8. The lowest BCUT2D eigenvalue weighted by atomic mass is 10.2. The summed E-state index contributed by atoms with van der Waals surface area (Å²) in [5.41, 5.74) is 1.09. The van der Waals surface area contributed by atoms with Gasteiger partial charge in [0.15, 0.2) is 17.3 Å². The molecule has 4 aromatic rings. The largest absolute Gasteiger partial charge is 0.454 e. The predicted molar refractivity (Wildman–Crippen MR) is 105 cm³/mol. The zero-order valence-corrected chi connectivity index (χ0v) is 15.9. The van der Waals surface area contributed by atoms with Crippen LogP contribution in [0.1, 0.15) is 12.5 Å². The van der Waals surface area contributed by atoms with E-state index in [-0.39, 0.29) is 12.4 Å². The van der Waals surface area contributed by atoms with Gasteiger partial charge in [-0.05, 0) is 35.9 Å². The molecule has 0 N–H and O–H groups in total. The Bertz CT molecular complexity index is 1370. The van der Waals surface area contributed by atoms with Crippen molar-refractivity contribution in [2.24, 2.45) is 0 Å². The molecule has 1 aliphatic heterocycles. The Labute approximate surface area is 167 Å². The van der Waals surface area contributed by atoms with Gasteiger partial charge in [0, 0.05) is 6.92 Å². The maximum Gasteiger partial charge on any atom is 0.308 e. The zero-order valence-electron chi connectivity index (χ0n) is 15.1. The third-order valence-electron chi connectivity index (χ3n) is 4.26. The molecule has 1 aliphatic rings. The fourth-order valence-electron chi connectivity index (χ4n) is 3.00. The Morgan fingerprint density at radius 1 is 1.21 bits per heavy atom. The van der Waals surface area contributed by atoms with Gasteiger partial charge in [-0.2, -0.15) is 9.50 Å². The molecule has 0 radical (unpaired) electrons. The lowest BCUT2D eigenvalue weighted by Gasteiger charge is -2.04. The molecular formula is C20H13N3O5S. The Hall–Kier alpha value is -3.72. The van der Waals surface area contributed by atoms with Crippen LogP contribution in [-0.4, -0.2) is 27.4 Å². The van der Waals surface area contributed by atoms with E-state index < -0.39 is 5.97 Å². The van der Waals surface area contributed by atoms with Gasteiger partial charge < -0.3 is 14.2 Å². The number of carbonyl (C=O) groups is 1. The molecule has 0 amide bonds. The molecule has 5 rings (SSSR count). The number of hydrogen-bond donors (Lipinski definition) is 0. The minimum atomic E-state index is -0.441. The smallest absolute Gasteiger partial charge is 0.308 e. The van der Waals surface area contributed by atoms with Crippen molar-refractivity contribution in [1.29, 1.82) is 0 Å². The van der Waals surface area contributed by atoms with Gasteiger partial charge in [0.1, 0.15) is 5.75 Å². The Kier molecular flexibility index (Phi) is 4.02. The summed E-state index contributed by atoms with van der Waals surface area (Å²) < 4.78 is 17.6. The summed E-state index contributed by atoms with van der Waals surface area (Å²) >= 11 is 1.23. The second-order valence-electron chi connectivity index (χ2n) is 6.25. The van der Waals surface area contributed by atoms with Gasteiger partial charge in [-0.25, -0.2) is 0 Å². The van der Waals surface area contributed by atoms with Crippen molar-refractivity contribution in [3.05, 3.63) is 62.9 Å². The van der Waals surface area contributed by atoms with E-state index in [0.29, 0.717) is 38.1 Å². The fourth-order valence-corrected chi connectivity index (χ4v) is 3.91. The van der Waals surface area contributed by atoms with Crippen LogP contribution in [0, 0.1) is 0 Å². The number of rotatable bonds is 3. The third kappa shape index (κ3) is 3.11. The van der Waals surface area contributed by atoms with Gasteiger partial charge in [0.05, 0.1) is 10.1 Å². The van der Waals surface area contributed by atoms with E-state index in [1.165, 1.54) is 22.8 Å². The monoisotopic (exact) mass is 407 g/mol. The molecule has 0 unspecified atom stereocenters. The van der Waals surface area contributed by atoms with E-state index in [0.717, 1.165) is 5.56 Å². The van der Waals surface area contributed by atoms with Gasteiger partial charge >= 0.3 is 5.97 Å². The number of carbonyl (C=O) groups excluding carboxylic acids is 1. The standard InChI is InChI=1S/C20H13N3O5S/c1-11(24)28-14-5-3-2-4-13(14)18-21-20-23(22-18)19(25)17(29-20)9-12-6-7-15-16(8-12)27-10-26-15/h2-9H,10H2,1H3/b17-9+. The first-order valence-corrected chi connectivity index (χ1v) is 9.49. The molecule has 0 saturated carbocycles. The Morgan fingerprint density at radius 3 is 2.86 bits per heavy atom.